The van der Waals surface area contributed by atoms with E-state index in [2.05, 4.69) is 33.8 Å². The van der Waals surface area contributed by atoms with Gasteiger partial charge in [0.15, 0.2) is 0 Å². The molecule has 3 nitrogen and oxygen atoms in total. The standard InChI is InChI=1S/C18H31NO2/c1-5-11-20-17-10-9-14(12-15(19)6-2)18(13-17)21-16(7-3)8-4/h9-10,13,15-16H,5-8,11-12,19H2,1-4H3. The van der Waals surface area contributed by atoms with E-state index in [-0.39, 0.29) is 12.1 Å². The first-order valence-electron chi connectivity index (χ1n) is 8.32. The Bertz CT molecular complexity index is 402. The highest BCUT2D eigenvalue weighted by atomic mass is 16.5. The third kappa shape index (κ3) is 5.96. The van der Waals surface area contributed by atoms with Crippen LogP contribution in [0.25, 0.3) is 0 Å². The Morgan fingerprint density at radius 3 is 2.33 bits per heavy atom. The number of nitrogens with two attached hydrogens (primary N) is 1. The Morgan fingerprint density at radius 1 is 1.05 bits per heavy atom. The number of rotatable bonds is 10. The van der Waals surface area contributed by atoms with Gasteiger partial charge < -0.3 is 15.2 Å². The number of benzene rings is 1. The lowest BCUT2D eigenvalue weighted by molar-refractivity contribution is 0.189. The molecule has 0 aliphatic carbocycles. The van der Waals surface area contributed by atoms with Gasteiger partial charge >= 0.3 is 0 Å². The van der Waals surface area contributed by atoms with Crippen LogP contribution in [0.1, 0.15) is 58.9 Å². The SMILES string of the molecule is CCCOc1ccc(CC(N)CC)c(OC(CC)CC)c1. The van der Waals surface area contributed by atoms with Crippen LogP contribution in [0.3, 0.4) is 0 Å². The van der Waals surface area contributed by atoms with Crippen molar-refractivity contribution < 1.29 is 9.47 Å². The molecule has 1 aromatic carbocycles. The number of hydrogen-bond acceptors (Lipinski definition) is 3. The molecule has 0 radical (unpaired) electrons. The summed E-state index contributed by atoms with van der Waals surface area (Å²) in [4.78, 5) is 0. The van der Waals surface area contributed by atoms with Gasteiger partial charge in [0, 0.05) is 12.1 Å². The molecule has 0 aliphatic rings. The molecule has 1 aromatic rings. The van der Waals surface area contributed by atoms with Crippen LogP contribution in [0.5, 0.6) is 11.5 Å². The molecule has 3 heteroatoms. The van der Waals surface area contributed by atoms with Gasteiger partial charge in [0.2, 0.25) is 0 Å². The van der Waals surface area contributed by atoms with E-state index in [1.165, 1.54) is 5.56 Å². The lowest BCUT2D eigenvalue weighted by Gasteiger charge is -2.20. The number of ether oxygens (including phenoxy) is 2. The summed E-state index contributed by atoms with van der Waals surface area (Å²) in [6.45, 7) is 9.27. The summed E-state index contributed by atoms with van der Waals surface area (Å²) in [5, 5.41) is 0. The fraction of sp³-hybridized carbons (Fsp3) is 0.667. The van der Waals surface area contributed by atoms with Crippen molar-refractivity contribution in [3.63, 3.8) is 0 Å². The first-order valence-corrected chi connectivity index (χ1v) is 8.32. The van der Waals surface area contributed by atoms with Gasteiger partial charge in [-0.1, -0.05) is 33.8 Å². The smallest absolute Gasteiger partial charge is 0.126 e. The van der Waals surface area contributed by atoms with Gasteiger partial charge in [-0.05, 0) is 43.7 Å². The second-order valence-corrected chi connectivity index (χ2v) is 5.55. The zero-order valence-corrected chi connectivity index (χ0v) is 14.0. The van der Waals surface area contributed by atoms with Crippen molar-refractivity contribution in [3.05, 3.63) is 23.8 Å². The van der Waals surface area contributed by atoms with E-state index in [4.69, 9.17) is 15.2 Å². The van der Waals surface area contributed by atoms with Crippen molar-refractivity contribution in [1.29, 1.82) is 0 Å². The third-order valence-corrected chi connectivity index (χ3v) is 3.72. The Kier molecular flexibility index (Phi) is 8.21. The van der Waals surface area contributed by atoms with Crippen molar-refractivity contribution in [2.24, 2.45) is 5.73 Å². The van der Waals surface area contributed by atoms with Gasteiger partial charge in [-0.2, -0.15) is 0 Å². The summed E-state index contributed by atoms with van der Waals surface area (Å²) in [5.41, 5.74) is 7.28. The largest absolute Gasteiger partial charge is 0.493 e. The molecule has 1 unspecified atom stereocenters. The minimum Gasteiger partial charge on any atom is -0.493 e. The lowest BCUT2D eigenvalue weighted by Crippen LogP contribution is -2.22. The highest BCUT2D eigenvalue weighted by Crippen LogP contribution is 2.28. The van der Waals surface area contributed by atoms with Gasteiger partial charge in [-0.25, -0.2) is 0 Å². The third-order valence-electron chi connectivity index (χ3n) is 3.72. The molecule has 0 spiro atoms. The van der Waals surface area contributed by atoms with Crippen LogP contribution >= 0.6 is 0 Å². The van der Waals surface area contributed by atoms with Crippen molar-refractivity contribution in [3.8, 4) is 11.5 Å². The summed E-state index contributed by atoms with van der Waals surface area (Å²) in [6, 6.07) is 6.31. The van der Waals surface area contributed by atoms with Gasteiger partial charge in [-0.15, -0.1) is 0 Å². The van der Waals surface area contributed by atoms with Crippen molar-refractivity contribution >= 4 is 0 Å². The molecule has 0 amide bonds. The van der Waals surface area contributed by atoms with Gasteiger partial charge in [0.05, 0.1) is 12.7 Å². The van der Waals surface area contributed by atoms with Crippen LogP contribution < -0.4 is 15.2 Å². The maximum atomic E-state index is 6.17. The predicted molar refractivity (Wildman–Crippen MR) is 89.2 cm³/mol. The first-order chi connectivity index (χ1) is 10.1. The molecular formula is C18H31NO2. The van der Waals surface area contributed by atoms with Crippen LogP contribution in [0.4, 0.5) is 0 Å². The molecule has 0 bridgehead atoms. The van der Waals surface area contributed by atoms with Gasteiger partial charge in [0.1, 0.15) is 11.5 Å². The Morgan fingerprint density at radius 2 is 1.76 bits per heavy atom. The maximum absolute atomic E-state index is 6.17. The summed E-state index contributed by atoms with van der Waals surface area (Å²) in [6.07, 6.45) is 5.10. The molecule has 0 fully saturated rings. The zero-order chi connectivity index (χ0) is 15.7. The van der Waals surface area contributed by atoms with Gasteiger partial charge in [0.25, 0.3) is 0 Å². The van der Waals surface area contributed by atoms with Gasteiger partial charge in [-0.3, -0.25) is 0 Å². The van der Waals surface area contributed by atoms with Crippen LogP contribution in [0.2, 0.25) is 0 Å². The van der Waals surface area contributed by atoms with Crippen LogP contribution in [0, 0.1) is 0 Å². The fourth-order valence-electron chi connectivity index (χ4n) is 2.18. The summed E-state index contributed by atoms with van der Waals surface area (Å²) in [7, 11) is 0. The van der Waals surface area contributed by atoms with Crippen LogP contribution in [-0.2, 0) is 6.42 Å². The zero-order valence-electron chi connectivity index (χ0n) is 14.0. The van der Waals surface area contributed by atoms with Crippen LogP contribution in [-0.4, -0.2) is 18.8 Å². The molecule has 0 saturated carbocycles. The predicted octanol–water partition coefficient (Wildman–Crippen LogP) is 4.32. The monoisotopic (exact) mass is 293 g/mol. The normalized spacial score (nSPS) is 12.5. The fourth-order valence-corrected chi connectivity index (χ4v) is 2.18. The summed E-state index contributed by atoms with van der Waals surface area (Å²) < 4.78 is 11.9. The first kappa shape index (κ1) is 17.8. The lowest BCUT2D eigenvalue weighted by atomic mass is 10.0. The van der Waals surface area contributed by atoms with E-state index < -0.39 is 0 Å². The molecule has 2 N–H and O–H groups in total. The maximum Gasteiger partial charge on any atom is 0.126 e. The second-order valence-electron chi connectivity index (χ2n) is 5.55. The average Bonchev–Trinajstić information content (AvgIpc) is 2.52. The number of hydrogen-bond donors (Lipinski definition) is 1. The molecular weight excluding hydrogens is 262 g/mol. The average molecular weight is 293 g/mol. The van der Waals surface area contributed by atoms with Crippen molar-refractivity contribution in [1.82, 2.24) is 0 Å². The summed E-state index contributed by atoms with van der Waals surface area (Å²) >= 11 is 0. The Labute approximate surface area is 129 Å². The topological polar surface area (TPSA) is 44.5 Å². The van der Waals surface area contributed by atoms with E-state index in [0.29, 0.717) is 0 Å². The second kappa shape index (κ2) is 9.67. The molecule has 1 atom stereocenters. The Balaban J connectivity index is 2.93. The molecule has 21 heavy (non-hydrogen) atoms. The Hall–Kier alpha value is -1.22. The molecule has 0 aliphatic heterocycles. The highest BCUT2D eigenvalue weighted by molar-refractivity contribution is 5.41. The molecule has 1 rings (SSSR count). The van der Waals surface area contributed by atoms with E-state index in [1.807, 2.05) is 12.1 Å². The minimum atomic E-state index is 0.177. The molecule has 120 valence electrons. The van der Waals surface area contributed by atoms with Crippen LogP contribution in [0.15, 0.2) is 18.2 Å². The van der Waals surface area contributed by atoms with E-state index in [9.17, 15) is 0 Å². The molecule has 0 aromatic heterocycles. The van der Waals surface area contributed by atoms with Crippen molar-refractivity contribution in [2.45, 2.75) is 71.9 Å². The summed E-state index contributed by atoms with van der Waals surface area (Å²) in [5.74, 6) is 1.81. The van der Waals surface area contributed by atoms with E-state index in [0.717, 1.165) is 50.2 Å². The minimum absolute atomic E-state index is 0.177. The van der Waals surface area contributed by atoms with E-state index in [1.54, 1.807) is 0 Å². The van der Waals surface area contributed by atoms with E-state index >= 15 is 0 Å². The van der Waals surface area contributed by atoms with Crippen molar-refractivity contribution in [2.75, 3.05) is 6.61 Å². The molecule has 0 heterocycles. The highest BCUT2D eigenvalue weighted by Gasteiger charge is 2.13. The quantitative estimate of drug-likeness (QED) is 0.698. The molecule has 0 saturated heterocycles.